The summed E-state index contributed by atoms with van der Waals surface area (Å²) < 4.78 is 68.5. The number of ether oxygens (including phenoxy) is 4. The van der Waals surface area contributed by atoms with Crippen LogP contribution in [0, 0.1) is 0 Å². The monoisotopic (exact) mass is 1520 g/mol. The molecule has 0 aromatic rings. The van der Waals surface area contributed by atoms with Crippen molar-refractivity contribution in [3.63, 3.8) is 0 Å². The van der Waals surface area contributed by atoms with Gasteiger partial charge in [0.25, 0.3) is 0 Å². The van der Waals surface area contributed by atoms with Gasteiger partial charge in [0.15, 0.2) is 12.2 Å². The van der Waals surface area contributed by atoms with Gasteiger partial charge in [0, 0.05) is 25.7 Å². The van der Waals surface area contributed by atoms with E-state index < -0.39 is 97.5 Å². The van der Waals surface area contributed by atoms with Gasteiger partial charge in [-0.05, 0) is 141 Å². The van der Waals surface area contributed by atoms with Crippen LogP contribution in [-0.4, -0.2) is 96.7 Å². The van der Waals surface area contributed by atoms with Crippen molar-refractivity contribution in [2.75, 3.05) is 39.6 Å². The smallest absolute Gasteiger partial charge is 0.462 e. The highest BCUT2D eigenvalue weighted by atomic mass is 31.2. The average molecular weight is 1520 g/mol. The summed E-state index contributed by atoms with van der Waals surface area (Å²) in [6, 6.07) is 0. The highest BCUT2D eigenvalue weighted by molar-refractivity contribution is 7.47. The maximum absolute atomic E-state index is 13.1. The molecule has 0 aliphatic heterocycles. The van der Waals surface area contributed by atoms with Gasteiger partial charge in [-0.15, -0.1) is 0 Å². The van der Waals surface area contributed by atoms with E-state index in [-0.39, 0.29) is 25.7 Å². The number of esters is 4. The zero-order valence-corrected chi connectivity index (χ0v) is 67.8. The molecule has 106 heavy (non-hydrogen) atoms. The lowest BCUT2D eigenvalue weighted by Crippen LogP contribution is -2.30. The minimum absolute atomic E-state index is 0.0218. The number of unbranched alkanes of at least 4 members (excludes halogenated alkanes) is 23. The molecular weight excluding hydrogens is 1380 g/mol. The second-order valence-corrected chi connectivity index (χ2v) is 29.5. The molecule has 0 aromatic heterocycles. The Morgan fingerprint density at radius 3 is 0.849 bits per heavy atom. The van der Waals surface area contributed by atoms with E-state index in [0.29, 0.717) is 38.5 Å². The Hall–Kier alpha value is -5.32. The molecule has 0 bridgehead atoms. The molecule has 0 radical (unpaired) electrons. The van der Waals surface area contributed by atoms with Gasteiger partial charge in [-0.2, -0.15) is 0 Å². The third kappa shape index (κ3) is 76.9. The van der Waals surface area contributed by atoms with Gasteiger partial charge in [0.05, 0.1) is 26.4 Å². The molecule has 0 aliphatic rings. The molecule has 0 amide bonds. The van der Waals surface area contributed by atoms with Crippen LogP contribution in [0.25, 0.3) is 0 Å². The minimum Gasteiger partial charge on any atom is -0.462 e. The molecule has 5 unspecified atom stereocenters. The summed E-state index contributed by atoms with van der Waals surface area (Å²) in [6.07, 6.45) is 90.9. The number of hydrogen-bond donors (Lipinski definition) is 3. The van der Waals surface area contributed by atoms with Gasteiger partial charge >= 0.3 is 39.5 Å². The molecule has 0 aromatic carbocycles. The Bertz CT molecular complexity index is 2630. The van der Waals surface area contributed by atoms with Gasteiger partial charge in [-0.25, -0.2) is 9.13 Å². The Morgan fingerprint density at radius 2 is 0.509 bits per heavy atom. The maximum Gasteiger partial charge on any atom is 0.472 e. The van der Waals surface area contributed by atoms with Crippen LogP contribution < -0.4 is 0 Å². The lowest BCUT2D eigenvalue weighted by atomic mass is 10.0. The lowest BCUT2D eigenvalue weighted by molar-refractivity contribution is -0.161. The molecule has 0 fully saturated rings. The van der Waals surface area contributed by atoms with Crippen molar-refractivity contribution in [2.24, 2.45) is 0 Å². The average Bonchev–Trinajstić information content (AvgIpc) is 0.933. The second kappa shape index (κ2) is 77.8. The van der Waals surface area contributed by atoms with Crippen LogP contribution in [0.3, 0.4) is 0 Å². The Kier molecular flexibility index (Phi) is 73.9. The fraction of sp³-hybridized carbons (Fsp3) is 0.655. The number of aliphatic hydroxyl groups is 1. The van der Waals surface area contributed by atoms with E-state index in [9.17, 15) is 43.2 Å². The Balaban J connectivity index is 5.45. The van der Waals surface area contributed by atoms with E-state index in [0.717, 1.165) is 148 Å². The number of phosphoric acid groups is 2. The van der Waals surface area contributed by atoms with Crippen molar-refractivity contribution in [3.05, 3.63) is 158 Å². The summed E-state index contributed by atoms with van der Waals surface area (Å²) in [4.78, 5) is 73.0. The van der Waals surface area contributed by atoms with Crippen molar-refractivity contribution in [1.82, 2.24) is 0 Å². The number of phosphoric ester groups is 2. The molecule has 0 saturated heterocycles. The largest absolute Gasteiger partial charge is 0.472 e. The predicted molar refractivity (Wildman–Crippen MR) is 436 cm³/mol. The highest BCUT2D eigenvalue weighted by Gasteiger charge is 2.30. The third-order valence-electron chi connectivity index (χ3n) is 16.5. The first-order valence-electron chi connectivity index (χ1n) is 40.7. The van der Waals surface area contributed by atoms with Crippen LogP contribution in [0.5, 0.6) is 0 Å². The van der Waals surface area contributed by atoms with Crippen LogP contribution in [-0.2, 0) is 65.4 Å². The van der Waals surface area contributed by atoms with Crippen molar-refractivity contribution in [2.45, 2.75) is 329 Å². The number of aliphatic hydroxyl groups excluding tert-OH is 1. The molecular formula is C87H144O17P2. The van der Waals surface area contributed by atoms with Crippen LogP contribution in [0.15, 0.2) is 158 Å². The zero-order valence-electron chi connectivity index (χ0n) is 66.1. The minimum atomic E-state index is -5.01. The summed E-state index contributed by atoms with van der Waals surface area (Å²) in [5.41, 5.74) is 0. The van der Waals surface area contributed by atoms with Crippen LogP contribution in [0.2, 0.25) is 0 Å². The first-order valence-corrected chi connectivity index (χ1v) is 43.7. The van der Waals surface area contributed by atoms with E-state index in [1.165, 1.54) is 70.6 Å². The number of carbonyl (C=O) groups excluding carboxylic acids is 4. The van der Waals surface area contributed by atoms with Crippen molar-refractivity contribution in [3.8, 4) is 0 Å². The summed E-state index contributed by atoms with van der Waals surface area (Å²) >= 11 is 0. The van der Waals surface area contributed by atoms with Crippen molar-refractivity contribution >= 4 is 39.5 Å². The van der Waals surface area contributed by atoms with E-state index in [1.54, 1.807) is 0 Å². The normalized spacial score (nSPS) is 14.7. The number of allylic oxidation sites excluding steroid dienone is 26. The van der Waals surface area contributed by atoms with Gasteiger partial charge in [0.1, 0.15) is 19.3 Å². The maximum atomic E-state index is 13.1. The molecule has 17 nitrogen and oxygen atoms in total. The van der Waals surface area contributed by atoms with Gasteiger partial charge in [0.2, 0.25) is 0 Å². The quantitative estimate of drug-likeness (QED) is 0.0169. The number of hydrogen-bond acceptors (Lipinski definition) is 15. The number of rotatable bonds is 75. The first kappa shape index (κ1) is 101. The number of carbonyl (C=O) groups is 4. The van der Waals surface area contributed by atoms with Gasteiger partial charge < -0.3 is 33.8 Å². The van der Waals surface area contributed by atoms with E-state index >= 15 is 0 Å². The highest BCUT2D eigenvalue weighted by Crippen LogP contribution is 2.45. The molecule has 5 atom stereocenters. The molecule has 3 N–H and O–H groups in total. The fourth-order valence-corrected chi connectivity index (χ4v) is 11.9. The van der Waals surface area contributed by atoms with E-state index in [2.05, 4.69) is 167 Å². The SMILES string of the molecule is CC/C=C\C/C=C\C/C=C\C/C=C\C/C=C\C/C=C\CCC(=O)OCC(COP(=O)(O)OCC(O)COP(=O)(O)OCC(COC(=O)CCCCCCCC/C=C\C/C=C\C/C=C\CCCCC)OC(=O)CCCCCCCCCCCCCCC)OC(=O)CCCC/C=C\C/C=C\C/C=C\C/C=C\CC. The molecule has 0 aliphatic carbocycles. The van der Waals surface area contributed by atoms with Crippen LogP contribution in [0.4, 0.5) is 0 Å². The molecule has 19 heteroatoms. The van der Waals surface area contributed by atoms with Crippen LogP contribution in [0.1, 0.15) is 310 Å². The summed E-state index contributed by atoms with van der Waals surface area (Å²) in [7, 11) is -10.0. The summed E-state index contributed by atoms with van der Waals surface area (Å²) in [5, 5.41) is 10.6. The molecule has 0 heterocycles. The molecule has 0 rings (SSSR count). The Labute approximate surface area is 642 Å². The molecule has 604 valence electrons. The van der Waals surface area contributed by atoms with Gasteiger partial charge in [-0.1, -0.05) is 301 Å². The molecule has 0 saturated carbocycles. The predicted octanol–water partition coefficient (Wildman–Crippen LogP) is 24.0. The van der Waals surface area contributed by atoms with Gasteiger partial charge in [-0.3, -0.25) is 37.3 Å². The standard InChI is InChI=1S/C87H144O17P2/c1-5-9-13-17-21-25-29-33-36-38-40-42-45-48-51-55-59-63-67-71-84(89)97-77-82(103-86(91)73-69-65-61-57-53-47-32-28-24-20-16-12-8-4)79-101-105(93,94)99-75-81(88)76-100-106(95,96)102-80-83(104-87(92)74-70-66-62-58-54-50-44-35-31-27-23-19-15-11-7-3)78-98-85(90)72-68-64-60-56-52-49-46-43-41-39-37-34-30-26-22-18-14-10-6-2/h10-11,14-15,21-23,25-27,33-37,40-44,49,52,54,58,60,64,81-83,88H,5-9,12-13,16-20,24,28-32,38-39,45-48,50-51,53,55-57,59,61-63,65-80H2,1-4H3,(H,93,94)(H,95,96)/b14-10-,15-11-,25-21-,26-22-,27-23-,36-33-,37-34-,42-40-,43-41-,44-35-,52-49-,58-54-,64-60-. The summed E-state index contributed by atoms with van der Waals surface area (Å²) in [5.74, 6) is -2.34. The van der Waals surface area contributed by atoms with E-state index in [1.807, 2.05) is 18.2 Å². The van der Waals surface area contributed by atoms with E-state index in [4.69, 9.17) is 37.0 Å². The zero-order chi connectivity index (χ0) is 77.4. The third-order valence-corrected chi connectivity index (χ3v) is 18.4. The van der Waals surface area contributed by atoms with Crippen LogP contribution >= 0.6 is 15.6 Å². The fourth-order valence-electron chi connectivity index (χ4n) is 10.4. The second-order valence-electron chi connectivity index (χ2n) is 26.6. The summed E-state index contributed by atoms with van der Waals surface area (Å²) in [6.45, 7) is 4.48. The van der Waals surface area contributed by atoms with Crippen molar-refractivity contribution < 1.29 is 80.2 Å². The first-order chi connectivity index (χ1) is 51.7. The lowest BCUT2D eigenvalue weighted by Gasteiger charge is -2.21. The molecule has 0 spiro atoms. The Morgan fingerprint density at radius 1 is 0.274 bits per heavy atom. The topological polar surface area (TPSA) is 237 Å². The van der Waals surface area contributed by atoms with Crippen molar-refractivity contribution in [1.29, 1.82) is 0 Å².